The van der Waals surface area contributed by atoms with Crippen LogP contribution in [0.1, 0.15) is 19.4 Å². The number of hydrogen-bond donors (Lipinski definition) is 2. The molecular formula is C17H19N5O2S. The van der Waals surface area contributed by atoms with Gasteiger partial charge in [-0.1, -0.05) is 36.0 Å². The van der Waals surface area contributed by atoms with Crippen LogP contribution in [0.2, 0.25) is 0 Å². The van der Waals surface area contributed by atoms with Crippen LogP contribution < -0.4 is 10.9 Å². The van der Waals surface area contributed by atoms with Gasteiger partial charge in [0, 0.05) is 17.7 Å². The molecule has 0 saturated carbocycles. The number of fused-ring (bicyclic) bond motifs is 1. The van der Waals surface area contributed by atoms with Crippen molar-refractivity contribution in [2.45, 2.75) is 32.0 Å². The summed E-state index contributed by atoms with van der Waals surface area (Å²) in [6.07, 6.45) is 0. The Kier molecular flexibility index (Phi) is 4.89. The van der Waals surface area contributed by atoms with Crippen LogP contribution in [-0.2, 0) is 4.79 Å². The van der Waals surface area contributed by atoms with Gasteiger partial charge in [0.15, 0.2) is 16.6 Å². The molecule has 1 aromatic carbocycles. The molecule has 0 bridgehead atoms. The lowest BCUT2D eigenvalue weighted by molar-refractivity contribution is -0.119. The Hall–Kier alpha value is -2.61. The molecule has 0 radical (unpaired) electrons. The van der Waals surface area contributed by atoms with Gasteiger partial charge in [0.1, 0.15) is 0 Å². The highest BCUT2D eigenvalue weighted by Gasteiger charge is 2.14. The van der Waals surface area contributed by atoms with Crippen molar-refractivity contribution in [3.8, 4) is 11.4 Å². The minimum Gasteiger partial charge on any atom is -0.353 e. The first-order valence-electron chi connectivity index (χ1n) is 7.92. The molecule has 0 aliphatic rings. The molecule has 0 aliphatic carbocycles. The molecular weight excluding hydrogens is 338 g/mol. The maximum atomic E-state index is 11.9. The Morgan fingerprint density at radius 1 is 1.32 bits per heavy atom. The first-order chi connectivity index (χ1) is 11.9. The van der Waals surface area contributed by atoms with Crippen LogP contribution in [0.5, 0.6) is 0 Å². The zero-order chi connectivity index (χ0) is 18.0. The highest BCUT2D eigenvalue weighted by molar-refractivity contribution is 7.99. The molecule has 8 heteroatoms. The van der Waals surface area contributed by atoms with Crippen molar-refractivity contribution in [1.29, 1.82) is 0 Å². The highest BCUT2D eigenvalue weighted by atomic mass is 32.2. The lowest BCUT2D eigenvalue weighted by atomic mass is 10.1. The Labute approximate surface area is 148 Å². The van der Waals surface area contributed by atoms with Gasteiger partial charge in [-0.25, -0.2) is 14.5 Å². The standard InChI is InChI=1S/C17H19N5O2S/c1-10(2)18-15(24)9-25-17-20-16(12-7-5-4-6-11(12)3)19-13-8-14(23)21-22(13)17/h4-8,10H,9H2,1-3H3,(H,18,24)(H,21,23). The summed E-state index contributed by atoms with van der Waals surface area (Å²) < 4.78 is 1.51. The van der Waals surface area contributed by atoms with Crippen LogP contribution in [0.15, 0.2) is 40.3 Å². The summed E-state index contributed by atoms with van der Waals surface area (Å²) in [5, 5.41) is 6.02. The monoisotopic (exact) mass is 357 g/mol. The van der Waals surface area contributed by atoms with Gasteiger partial charge in [-0.05, 0) is 26.3 Å². The van der Waals surface area contributed by atoms with E-state index < -0.39 is 0 Å². The number of H-pyrrole nitrogens is 1. The number of hydrogen-bond acceptors (Lipinski definition) is 5. The molecule has 0 atom stereocenters. The third kappa shape index (κ3) is 3.90. The summed E-state index contributed by atoms with van der Waals surface area (Å²) in [5.41, 5.74) is 2.15. The number of aromatic nitrogens is 4. The molecule has 7 nitrogen and oxygen atoms in total. The summed E-state index contributed by atoms with van der Waals surface area (Å²) in [6, 6.07) is 9.28. The maximum absolute atomic E-state index is 11.9. The number of rotatable bonds is 5. The fourth-order valence-electron chi connectivity index (χ4n) is 2.42. The zero-order valence-electron chi connectivity index (χ0n) is 14.2. The Bertz CT molecular complexity index is 977. The molecule has 3 rings (SSSR count). The highest BCUT2D eigenvalue weighted by Crippen LogP contribution is 2.23. The van der Waals surface area contributed by atoms with Crippen molar-refractivity contribution in [3.05, 3.63) is 46.2 Å². The Morgan fingerprint density at radius 3 is 2.80 bits per heavy atom. The first kappa shape index (κ1) is 17.2. The van der Waals surface area contributed by atoms with E-state index in [1.165, 1.54) is 22.3 Å². The largest absolute Gasteiger partial charge is 0.353 e. The third-order valence-electron chi connectivity index (χ3n) is 3.49. The van der Waals surface area contributed by atoms with Crippen molar-refractivity contribution in [2.24, 2.45) is 0 Å². The Morgan fingerprint density at radius 2 is 2.08 bits per heavy atom. The number of thioether (sulfide) groups is 1. The summed E-state index contributed by atoms with van der Waals surface area (Å²) in [4.78, 5) is 32.7. The van der Waals surface area contributed by atoms with Gasteiger partial charge in [0.25, 0.3) is 5.56 Å². The molecule has 0 saturated heterocycles. The molecule has 0 spiro atoms. The van der Waals surface area contributed by atoms with E-state index in [1.807, 2.05) is 45.0 Å². The van der Waals surface area contributed by atoms with E-state index in [9.17, 15) is 9.59 Å². The second kappa shape index (κ2) is 7.10. The number of carbonyl (C=O) groups excluding carboxylic acids is 1. The van der Waals surface area contributed by atoms with E-state index in [0.29, 0.717) is 16.6 Å². The number of nitrogens with zero attached hydrogens (tertiary/aromatic N) is 3. The minimum atomic E-state index is -0.260. The van der Waals surface area contributed by atoms with Crippen molar-refractivity contribution in [1.82, 2.24) is 24.9 Å². The molecule has 2 aromatic heterocycles. The second-order valence-corrected chi connectivity index (χ2v) is 6.91. The average molecular weight is 357 g/mol. The van der Waals surface area contributed by atoms with Crippen LogP contribution in [0, 0.1) is 6.92 Å². The first-order valence-corrected chi connectivity index (χ1v) is 8.90. The minimum absolute atomic E-state index is 0.0763. The SMILES string of the molecule is Cc1ccccc1-c1nc(SCC(=O)NC(C)C)n2[nH]c(=O)cc2n1. The quantitative estimate of drug-likeness (QED) is 0.682. The molecule has 3 aromatic rings. The fourth-order valence-corrected chi connectivity index (χ4v) is 3.18. The van der Waals surface area contributed by atoms with E-state index in [-0.39, 0.29) is 23.3 Å². The molecule has 130 valence electrons. The van der Waals surface area contributed by atoms with E-state index in [1.54, 1.807) is 0 Å². The van der Waals surface area contributed by atoms with Gasteiger partial charge in [0.05, 0.1) is 5.75 Å². The average Bonchev–Trinajstić information content (AvgIpc) is 2.92. The third-order valence-corrected chi connectivity index (χ3v) is 4.43. The molecule has 2 heterocycles. The summed E-state index contributed by atoms with van der Waals surface area (Å²) in [6.45, 7) is 5.80. The van der Waals surface area contributed by atoms with Crippen LogP contribution in [0.3, 0.4) is 0 Å². The number of nitrogens with one attached hydrogen (secondary N) is 2. The van der Waals surface area contributed by atoms with E-state index in [2.05, 4.69) is 20.4 Å². The molecule has 1 amide bonds. The van der Waals surface area contributed by atoms with Crippen molar-refractivity contribution in [3.63, 3.8) is 0 Å². The molecule has 0 aliphatic heterocycles. The van der Waals surface area contributed by atoms with Gasteiger partial charge in [0.2, 0.25) is 5.91 Å². The molecule has 2 N–H and O–H groups in total. The second-order valence-electron chi connectivity index (χ2n) is 5.97. The summed E-state index contributed by atoms with van der Waals surface area (Å²) in [7, 11) is 0. The summed E-state index contributed by atoms with van der Waals surface area (Å²) >= 11 is 1.26. The van der Waals surface area contributed by atoms with Gasteiger partial charge in [-0.2, -0.15) is 0 Å². The van der Waals surface area contributed by atoms with Crippen molar-refractivity contribution < 1.29 is 4.79 Å². The van der Waals surface area contributed by atoms with Gasteiger partial charge in [-0.15, -0.1) is 0 Å². The van der Waals surface area contributed by atoms with Gasteiger partial charge >= 0.3 is 0 Å². The van der Waals surface area contributed by atoms with Crippen LogP contribution >= 0.6 is 11.8 Å². The molecule has 0 unspecified atom stereocenters. The normalized spacial score (nSPS) is 11.2. The van der Waals surface area contributed by atoms with Crippen LogP contribution in [0.4, 0.5) is 0 Å². The lowest BCUT2D eigenvalue weighted by Gasteiger charge is -2.10. The molecule has 0 fully saturated rings. The predicted octanol–water partition coefficient (Wildman–Crippen LogP) is 2.01. The molecule has 25 heavy (non-hydrogen) atoms. The van der Waals surface area contributed by atoms with E-state index in [4.69, 9.17) is 0 Å². The fraction of sp³-hybridized carbons (Fsp3) is 0.294. The van der Waals surface area contributed by atoms with Crippen LogP contribution in [-0.4, -0.2) is 37.3 Å². The van der Waals surface area contributed by atoms with Crippen molar-refractivity contribution >= 4 is 23.3 Å². The van der Waals surface area contributed by atoms with Crippen LogP contribution in [0.25, 0.3) is 17.0 Å². The Balaban J connectivity index is 2.00. The van der Waals surface area contributed by atoms with Gasteiger partial charge < -0.3 is 5.32 Å². The smallest absolute Gasteiger partial charge is 0.266 e. The number of amides is 1. The number of benzene rings is 1. The topological polar surface area (TPSA) is 92.2 Å². The lowest BCUT2D eigenvalue weighted by Crippen LogP contribution is -2.31. The number of carbonyl (C=O) groups is 1. The van der Waals surface area contributed by atoms with Gasteiger partial charge in [-0.3, -0.25) is 14.7 Å². The number of aryl methyl sites for hydroxylation is 1. The van der Waals surface area contributed by atoms with E-state index in [0.717, 1.165) is 11.1 Å². The maximum Gasteiger partial charge on any atom is 0.266 e. The zero-order valence-corrected chi connectivity index (χ0v) is 15.1. The van der Waals surface area contributed by atoms with E-state index >= 15 is 0 Å². The number of aromatic amines is 1. The summed E-state index contributed by atoms with van der Waals surface area (Å²) in [5.74, 6) is 0.653. The van der Waals surface area contributed by atoms with Crippen molar-refractivity contribution in [2.75, 3.05) is 5.75 Å². The predicted molar refractivity (Wildman–Crippen MR) is 97.8 cm³/mol.